The average Bonchev–Trinajstić information content (AvgIpc) is 2.75. The third kappa shape index (κ3) is 5.62. The number of aliphatic hydroxyl groups is 1. The molecule has 0 aliphatic rings. The molecular formula is C25H27NO2. The summed E-state index contributed by atoms with van der Waals surface area (Å²) in [7, 11) is 0. The van der Waals surface area contributed by atoms with E-state index in [2.05, 4.69) is 29.2 Å². The summed E-state index contributed by atoms with van der Waals surface area (Å²) in [6.07, 6.45) is -0.655. The van der Waals surface area contributed by atoms with Gasteiger partial charge in [0.1, 0.15) is 0 Å². The molecule has 28 heavy (non-hydrogen) atoms. The van der Waals surface area contributed by atoms with Gasteiger partial charge in [-0.1, -0.05) is 91.0 Å². The SMILES string of the molecule is C[C@@H](C(=O)C[C@H](O)c1ccccc1)N(Cc1ccccc1)Cc1ccccc1. The molecule has 3 nitrogen and oxygen atoms in total. The molecule has 0 saturated heterocycles. The van der Waals surface area contributed by atoms with Crippen LogP contribution in [0.25, 0.3) is 0 Å². The maximum Gasteiger partial charge on any atom is 0.152 e. The Hall–Kier alpha value is -2.75. The Morgan fingerprint density at radius 3 is 1.68 bits per heavy atom. The van der Waals surface area contributed by atoms with E-state index >= 15 is 0 Å². The van der Waals surface area contributed by atoms with Crippen molar-refractivity contribution in [2.24, 2.45) is 0 Å². The smallest absolute Gasteiger partial charge is 0.152 e. The van der Waals surface area contributed by atoms with Gasteiger partial charge in [-0.25, -0.2) is 0 Å². The fourth-order valence-electron chi connectivity index (χ4n) is 3.32. The summed E-state index contributed by atoms with van der Waals surface area (Å²) in [6, 6.07) is 29.4. The Kier molecular flexibility index (Phi) is 7.12. The first-order valence-electron chi connectivity index (χ1n) is 9.71. The van der Waals surface area contributed by atoms with Crippen LogP contribution in [0.2, 0.25) is 0 Å². The van der Waals surface area contributed by atoms with Gasteiger partial charge in [0, 0.05) is 19.5 Å². The van der Waals surface area contributed by atoms with E-state index in [-0.39, 0.29) is 18.2 Å². The lowest BCUT2D eigenvalue weighted by molar-refractivity contribution is -0.126. The molecule has 0 fully saturated rings. The van der Waals surface area contributed by atoms with Gasteiger partial charge in [0.05, 0.1) is 12.1 Å². The van der Waals surface area contributed by atoms with E-state index in [1.165, 1.54) is 11.1 Å². The number of carbonyl (C=O) groups is 1. The standard InChI is InChI=1S/C25H27NO2/c1-20(24(27)17-25(28)23-15-9-4-10-16-23)26(18-21-11-5-2-6-12-21)19-22-13-7-3-8-14-22/h2-16,20,25,28H,17-19H2,1H3/t20-,25-/m0/s1. The van der Waals surface area contributed by atoms with Crippen molar-refractivity contribution in [2.75, 3.05) is 0 Å². The van der Waals surface area contributed by atoms with E-state index in [4.69, 9.17) is 0 Å². The van der Waals surface area contributed by atoms with Crippen molar-refractivity contribution in [2.45, 2.75) is 38.6 Å². The van der Waals surface area contributed by atoms with Gasteiger partial charge < -0.3 is 5.11 Å². The molecule has 0 radical (unpaired) electrons. The van der Waals surface area contributed by atoms with Crippen LogP contribution in [0, 0.1) is 0 Å². The molecule has 0 aromatic heterocycles. The first kappa shape index (κ1) is 20.0. The molecule has 3 heteroatoms. The molecule has 2 atom stereocenters. The van der Waals surface area contributed by atoms with Crippen molar-refractivity contribution in [1.82, 2.24) is 4.90 Å². The molecule has 0 aliphatic carbocycles. The molecule has 0 bridgehead atoms. The number of aliphatic hydroxyl groups excluding tert-OH is 1. The van der Waals surface area contributed by atoms with Crippen molar-refractivity contribution >= 4 is 5.78 Å². The zero-order valence-corrected chi connectivity index (χ0v) is 16.2. The number of nitrogens with zero attached hydrogens (tertiary/aromatic N) is 1. The van der Waals surface area contributed by atoms with E-state index in [1.807, 2.05) is 73.7 Å². The highest BCUT2D eigenvalue weighted by Gasteiger charge is 2.24. The topological polar surface area (TPSA) is 40.5 Å². The molecule has 3 aromatic rings. The summed E-state index contributed by atoms with van der Waals surface area (Å²) in [5.74, 6) is 0.0446. The monoisotopic (exact) mass is 373 g/mol. The third-order valence-corrected chi connectivity index (χ3v) is 5.05. The number of ketones is 1. The van der Waals surface area contributed by atoms with Gasteiger partial charge in [0.25, 0.3) is 0 Å². The number of benzene rings is 3. The second-order valence-electron chi connectivity index (χ2n) is 7.15. The number of hydrogen-bond donors (Lipinski definition) is 1. The maximum atomic E-state index is 12.9. The molecule has 3 rings (SSSR count). The van der Waals surface area contributed by atoms with Crippen LogP contribution >= 0.6 is 0 Å². The highest BCUT2D eigenvalue weighted by Crippen LogP contribution is 2.20. The molecule has 1 N–H and O–H groups in total. The fraction of sp³-hybridized carbons (Fsp3) is 0.240. The molecule has 0 unspecified atom stereocenters. The summed E-state index contributed by atoms with van der Waals surface area (Å²) < 4.78 is 0. The number of rotatable bonds is 9. The van der Waals surface area contributed by atoms with Crippen molar-refractivity contribution < 1.29 is 9.90 Å². The summed E-state index contributed by atoms with van der Waals surface area (Å²) >= 11 is 0. The second-order valence-corrected chi connectivity index (χ2v) is 7.15. The number of hydrogen-bond acceptors (Lipinski definition) is 3. The molecule has 0 saturated carbocycles. The van der Waals surface area contributed by atoms with Gasteiger partial charge in [0.2, 0.25) is 0 Å². The minimum atomic E-state index is -0.772. The Morgan fingerprint density at radius 1 is 0.786 bits per heavy atom. The Balaban J connectivity index is 1.73. The van der Waals surface area contributed by atoms with Gasteiger partial charge in [-0.15, -0.1) is 0 Å². The minimum Gasteiger partial charge on any atom is -0.388 e. The minimum absolute atomic E-state index is 0.0446. The van der Waals surface area contributed by atoms with Gasteiger partial charge >= 0.3 is 0 Å². The number of carbonyl (C=O) groups excluding carboxylic acids is 1. The van der Waals surface area contributed by atoms with E-state index in [0.29, 0.717) is 13.1 Å². The Morgan fingerprint density at radius 2 is 1.21 bits per heavy atom. The van der Waals surface area contributed by atoms with E-state index in [0.717, 1.165) is 5.56 Å². The molecule has 3 aromatic carbocycles. The predicted octanol–water partition coefficient (Wildman–Crippen LogP) is 4.77. The maximum absolute atomic E-state index is 12.9. The molecule has 0 aliphatic heterocycles. The van der Waals surface area contributed by atoms with Crippen LogP contribution in [-0.4, -0.2) is 21.8 Å². The molecule has 0 heterocycles. The highest BCUT2D eigenvalue weighted by atomic mass is 16.3. The largest absolute Gasteiger partial charge is 0.388 e. The molecule has 0 spiro atoms. The first-order valence-corrected chi connectivity index (χ1v) is 9.71. The van der Waals surface area contributed by atoms with Crippen LogP contribution in [0.1, 0.15) is 36.1 Å². The quantitative estimate of drug-likeness (QED) is 0.587. The van der Waals surface area contributed by atoms with E-state index in [9.17, 15) is 9.90 Å². The van der Waals surface area contributed by atoms with Crippen molar-refractivity contribution in [3.05, 3.63) is 108 Å². The van der Waals surface area contributed by atoms with Crippen LogP contribution in [-0.2, 0) is 17.9 Å². The van der Waals surface area contributed by atoms with Gasteiger partial charge in [-0.3, -0.25) is 9.69 Å². The van der Waals surface area contributed by atoms with Crippen molar-refractivity contribution in [1.29, 1.82) is 0 Å². The third-order valence-electron chi connectivity index (χ3n) is 5.05. The van der Waals surface area contributed by atoms with Gasteiger partial charge in [-0.2, -0.15) is 0 Å². The van der Waals surface area contributed by atoms with Crippen molar-refractivity contribution in [3.63, 3.8) is 0 Å². The van der Waals surface area contributed by atoms with Crippen molar-refractivity contribution in [3.8, 4) is 0 Å². The Bertz CT molecular complexity index is 808. The van der Waals surface area contributed by atoms with Crippen LogP contribution in [0.4, 0.5) is 0 Å². The Labute approximate surface area is 167 Å². The summed E-state index contributed by atoms with van der Waals surface area (Å²) in [4.78, 5) is 15.1. The average molecular weight is 373 g/mol. The lowest BCUT2D eigenvalue weighted by Crippen LogP contribution is -2.38. The first-order chi connectivity index (χ1) is 13.6. The molecule has 0 amide bonds. The number of Topliss-reactive ketones (excluding diaryl/α,β-unsaturated/α-hetero) is 1. The summed E-state index contributed by atoms with van der Waals surface area (Å²) in [6.45, 7) is 3.31. The fourth-order valence-corrected chi connectivity index (χ4v) is 3.32. The van der Waals surface area contributed by atoms with Crippen LogP contribution < -0.4 is 0 Å². The zero-order chi connectivity index (χ0) is 19.8. The van der Waals surface area contributed by atoms with E-state index < -0.39 is 6.10 Å². The van der Waals surface area contributed by atoms with Crippen LogP contribution in [0.15, 0.2) is 91.0 Å². The summed E-state index contributed by atoms with van der Waals surface area (Å²) in [5, 5.41) is 10.5. The zero-order valence-electron chi connectivity index (χ0n) is 16.2. The molecular weight excluding hydrogens is 346 g/mol. The van der Waals surface area contributed by atoms with Crippen LogP contribution in [0.5, 0.6) is 0 Å². The second kappa shape index (κ2) is 9.98. The van der Waals surface area contributed by atoms with E-state index in [1.54, 1.807) is 0 Å². The normalized spacial score (nSPS) is 13.2. The summed E-state index contributed by atoms with van der Waals surface area (Å²) in [5.41, 5.74) is 3.11. The van der Waals surface area contributed by atoms with Crippen LogP contribution in [0.3, 0.4) is 0 Å². The lowest BCUT2D eigenvalue weighted by Gasteiger charge is -2.29. The predicted molar refractivity (Wildman–Crippen MR) is 113 cm³/mol. The van der Waals surface area contributed by atoms with Gasteiger partial charge in [-0.05, 0) is 23.6 Å². The lowest BCUT2D eigenvalue weighted by atomic mass is 10.00. The highest BCUT2D eigenvalue weighted by molar-refractivity contribution is 5.84. The molecule has 144 valence electrons. The van der Waals surface area contributed by atoms with Gasteiger partial charge in [0.15, 0.2) is 5.78 Å².